The van der Waals surface area contributed by atoms with E-state index in [0.717, 1.165) is 18.5 Å². The van der Waals surface area contributed by atoms with Crippen molar-refractivity contribution < 1.29 is 14.3 Å². The number of aromatic amines is 1. The van der Waals surface area contributed by atoms with Gasteiger partial charge in [-0.15, -0.1) is 0 Å². The maximum atomic E-state index is 11.1. The molecule has 0 saturated heterocycles. The SMILES string of the molecule is O=C(O)c1n[nH]c2cc(Nc3nc(NC4CC4)c4occc4n3)ccc12. The van der Waals surface area contributed by atoms with E-state index in [0.29, 0.717) is 39.8 Å². The van der Waals surface area contributed by atoms with E-state index in [4.69, 9.17) is 9.52 Å². The number of hydrogen-bond acceptors (Lipinski definition) is 7. The molecule has 1 saturated carbocycles. The van der Waals surface area contributed by atoms with Crippen LogP contribution < -0.4 is 10.6 Å². The molecule has 0 bridgehead atoms. The van der Waals surface area contributed by atoms with E-state index in [1.807, 2.05) is 0 Å². The number of nitrogens with zero attached hydrogens (tertiary/aromatic N) is 3. The summed E-state index contributed by atoms with van der Waals surface area (Å²) in [5, 5.41) is 22.7. The van der Waals surface area contributed by atoms with Crippen molar-refractivity contribution in [2.45, 2.75) is 18.9 Å². The summed E-state index contributed by atoms with van der Waals surface area (Å²) in [4.78, 5) is 20.1. The Balaban J connectivity index is 1.50. The summed E-state index contributed by atoms with van der Waals surface area (Å²) >= 11 is 0. The Bertz CT molecular complexity index is 1140. The summed E-state index contributed by atoms with van der Waals surface area (Å²) in [7, 11) is 0. The van der Waals surface area contributed by atoms with Gasteiger partial charge in [0.1, 0.15) is 5.52 Å². The summed E-state index contributed by atoms with van der Waals surface area (Å²) < 4.78 is 5.48. The molecule has 130 valence electrons. The molecule has 1 aliphatic rings. The minimum absolute atomic E-state index is 0.00136. The zero-order valence-corrected chi connectivity index (χ0v) is 13.5. The van der Waals surface area contributed by atoms with Gasteiger partial charge in [0.15, 0.2) is 17.1 Å². The number of benzene rings is 1. The third-order valence-electron chi connectivity index (χ3n) is 4.24. The molecule has 0 atom stereocenters. The topological polar surface area (TPSA) is 129 Å². The largest absolute Gasteiger partial charge is 0.476 e. The van der Waals surface area contributed by atoms with E-state index in [-0.39, 0.29) is 5.69 Å². The van der Waals surface area contributed by atoms with Crippen LogP contribution in [0.5, 0.6) is 0 Å². The molecule has 9 nitrogen and oxygen atoms in total. The number of fused-ring (bicyclic) bond motifs is 2. The number of anilines is 3. The van der Waals surface area contributed by atoms with Crippen molar-refractivity contribution in [3.63, 3.8) is 0 Å². The highest BCUT2D eigenvalue weighted by molar-refractivity contribution is 6.01. The lowest BCUT2D eigenvalue weighted by Gasteiger charge is -2.09. The van der Waals surface area contributed by atoms with E-state index in [9.17, 15) is 4.79 Å². The minimum Gasteiger partial charge on any atom is -0.476 e. The third-order valence-corrected chi connectivity index (χ3v) is 4.24. The number of nitrogens with one attached hydrogen (secondary N) is 3. The van der Waals surface area contributed by atoms with Crippen molar-refractivity contribution in [3.8, 4) is 0 Å². The fraction of sp³-hybridized carbons (Fsp3) is 0.176. The minimum atomic E-state index is -1.07. The van der Waals surface area contributed by atoms with Crippen molar-refractivity contribution in [1.29, 1.82) is 0 Å². The van der Waals surface area contributed by atoms with Gasteiger partial charge in [-0.2, -0.15) is 10.1 Å². The zero-order valence-electron chi connectivity index (χ0n) is 13.5. The molecule has 1 aromatic carbocycles. The Hall–Kier alpha value is -3.62. The monoisotopic (exact) mass is 350 g/mol. The van der Waals surface area contributed by atoms with Crippen LogP contribution in [0.1, 0.15) is 23.3 Å². The number of carbonyl (C=O) groups is 1. The molecule has 3 heterocycles. The van der Waals surface area contributed by atoms with Crippen LogP contribution in [0.25, 0.3) is 22.0 Å². The summed E-state index contributed by atoms with van der Waals surface area (Å²) in [5.74, 6) is 0.0293. The van der Waals surface area contributed by atoms with Gasteiger partial charge in [-0.05, 0) is 31.0 Å². The summed E-state index contributed by atoms with van der Waals surface area (Å²) in [5.41, 5.74) is 2.68. The average molecular weight is 350 g/mol. The molecular weight excluding hydrogens is 336 g/mol. The Labute approximate surface area is 146 Å². The van der Waals surface area contributed by atoms with Gasteiger partial charge in [0, 0.05) is 23.2 Å². The van der Waals surface area contributed by atoms with Gasteiger partial charge in [0.25, 0.3) is 0 Å². The van der Waals surface area contributed by atoms with Crippen molar-refractivity contribution in [3.05, 3.63) is 36.2 Å². The van der Waals surface area contributed by atoms with E-state index in [1.54, 1.807) is 30.5 Å². The number of rotatable bonds is 5. The molecule has 0 radical (unpaired) electrons. The maximum Gasteiger partial charge on any atom is 0.357 e. The molecule has 0 aliphatic heterocycles. The standard InChI is InChI=1S/C17H14N6O3/c24-16(25)13-10-4-3-9(7-12(10)22-23-13)19-17-20-11-5-6-26-14(11)15(21-17)18-8-1-2-8/h3-8H,1-2H2,(H,22,23)(H,24,25)(H2,18,19,20,21). The summed E-state index contributed by atoms with van der Waals surface area (Å²) in [6, 6.07) is 7.45. The summed E-state index contributed by atoms with van der Waals surface area (Å²) in [6.45, 7) is 0. The van der Waals surface area contributed by atoms with Crippen molar-refractivity contribution in [2.75, 3.05) is 10.6 Å². The van der Waals surface area contributed by atoms with Crippen molar-refractivity contribution in [2.24, 2.45) is 0 Å². The van der Waals surface area contributed by atoms with E-state index < -0.39 is 5.97 Å². The molecule has 0 unspecified atom stereocenters. The number of furan rings is 1. The van der Waals surface area contributed by atoms with E-state index in [2.05, 4.69) is 30.8 Å². The highest BCUT2D eigenvalue weighted by Gasteiger charge is 2.24. The van der Waals surface area contributed by atoms with Crippen LogP contribution in [-0.2, 0) is 0 Å². The lowest BCUT2D eigenvalue weighted by Crippen LogP contribution is -2.06. The lowest BCUT2D eigenvalue weighted by atomic mass is 10.2. The number of aromatic carboxylic acids is 1. The number of aromatic nitrogens is 4. The quantitative estimate of drug-likeness (QED) is 0.432. The smallest absolute Gasteiger partial charge is 0.357 e. The molecule has 0 amide bonds. The maximum absolute atomic E-state index is 11.1. The first kappa shape index (κ1) is 14.7. The number of hydrogen-bond donors (Lipinski definition) is 4. The Morgan fingerprint density at radius 2 is 2.15 bits per heavy atom. The first-order chi connectivity index (χ1) is 12.7. The Morgan fingerprint density at radius 1 is 1.27 bits per heavy atom. The van der Waals surface area contributed by atoms with Gasteiger partial charge in [-0.25, -0.2) is 9.78 Å². The van der Waals surface area contributed by atoms with Crippen molar-refractivity contribution in [1.82, 2.24) is 20.2 Å². The molecular formula is C17H14N6O3. The van der Waals surface area contributed by atoms with Gasteiger partial charge in [0.05, 0.1) is 11.8 Å². The van der Waals surface area contributed by atoms with Gasteiger partial charge in [0.2, 0.25) is 5.95 Å². The fourth-order valence-corrected chi connectivity index (χ4v) is 2.83. The average Bonchev–Trinajstić information content (AvgIpc) is 3.14. The molecule has 4 N–H and O–H groups in total. The second-order valence-electron chi connectivity index (χ2n) is 6.21. The van der Waals surface area contributed by atoms with Crippen LogP contribution in [0.2, 0.25) is 0 Å². The lowest BCUT2D eigenvalue weighted by molar-refractivity contribution is 0.0692. The zero-order chi connectivity index (χ0) is 17.7. The van der Waals surface area contributed by atoms with Crippen LogP contribution in [0.4, 0.5) is 17.5 Å². The fourth-order valence-electron chi connectivity index (χ4n) is 2.83. The first-order valence-electron chi connectivity index (χ1n) is 8.17. The van der Waals surface area contributed by atoms with Gasteiger partial charge >= 0.3 is 5.97 Å². The highest BCUT2D eigenvalue weighted by Crippen LogP contribution is 2.30. The molecule has 1 aliphatic carbocycles. The summed E-state index contributed by atoms with van der Waals surface area (Å²) in [6.07, 6.45) is 3.83. The second kappa shape index (κ2) is 5.45. The highest BCUT2D eigenvalue weighted by atomic mass is 16.4. The number of carboxylic acids is 1. The van der Waals surface area contributed by atoms with Crippen LogP contribution >= 0.6 is 0 Å². The molecule has 0 spiro atoms. The number of carboxylic acid groups (broad SMARTS) is 1. The predicted molar refractivity (Wildman–Crippen MR) is 94.8 cm³/mol. The number of H-pyrrole nitrogens is 1. The molecule has 3 aromatic heterocycles. The van der Waals surface area contributed by atoms with E-state index in [1.165, 1.54) is 0 Å². The second-order valence-corrected chi connectivity index (χ2v) is 6.21. The molecule has 9 heteroatoms. The van der Waals surface area contributed by atoms with Crippen LogP contribution in [-0.4, -0.2) is 37.3 Å². The normalized spacial score (nSPS) is 14.0. The Morgan fingerprint density at radius 3 is 2.96 bits per heavy atom. The molecule has 5 rings (SSSR count). The van der Waals surface area contributed by atoms with Crippen LogP contribution in [0.15, 0.2) is 34.9 Å². The van der Waals surface area contributed by atoms with Gasteiger partial charge in [-0.3, -0.25) is 5.10 Å². The third kappa shape index (κ3) is 2.50. The van der Waals surface area contributed by atoms with Gasteiger partial charge < -0.3 is 20.2 Å². The first-order valence-corrected chi connectivity index (χ1v) is 8.17. The molecule has 4 aromatic rings. The van der Waals surface area contributed by atoms with Crippen LogP contribution in [0, 0.1) is 0 Å². The Kier molecular flexibility index (Phi) is 3.08. The van der Waals surface area contributed by atoms with Gasteiger partial charge in [-0.1, -0.05) is 0 Å². The molecule has 1 fully saturated rings. The van der Waals surface area contributed by atoms with E-state index >= 15 is 0 Å². The van der Waals surface area contributed by atoms with Crippen LogP contribution in [0.3, 0.4) is 0 Å². The predicted octanol–water partition coefficient (Wildman–Crippen LogP) is 3.12. The van der Waals surface area contributed by atoms with Crippen molar-refractivity contribution >= 4 is 45.4 Å². The molecule has 26 heavy (non-hydrogen) atoms.